The maximum absolute atomic E-state index is 11.8. The number of rotatable bonds is 4. The standard InChI is InChI=1S/C18H20O4/c1-4-10-7-16(20)22-17-11(5-2)18-13(8-12(10)17)14(9-19)15(6-3)21-18/h7-8,19H,4-6,9H2,1-3H3. The number of benzene rings is 1. The molecule has 116 valence electrons. The topological polar surface area (TPSA) is 63.6 Å². The average molecular weight is 300 g/mol. The monoisotopic (exact) mass is 300 g/mol. The van der Waals surface area contributed by atoms with Crippen LogP contribution in [0.25, 0.3) is 21.9 Å². The fraction of sp³-hybridized carbons (Fsp3) is 0.389. The van der Waals surface area contributed by atoms with Gasteiger partial charge >= 0.3 is 5.63 Å². The molecule has 0 unspecified atom stereocenters. The zero-order chi connectivity index (χ0) is 15.9. The smallest absolute Gasteiger partial charge is 0.336 e. The van der Waals surface area contributed by atoms with Crippen LogP contribution in [0.2, 0.25) is 0 Å². The van der Waals surface area contributed by atoms with E-state index in [1.54, 1.807) is 6.07 Å². The molecular formula is C18H20O4. The largest absolute Gasteiger partial charge is 0.460 e. The van der Waals surface area contributed by atoms with Crippen LogP contribution in [-0.2, 0) is 25.9 Å². The molecule has 0 saturated carbocycles. The Hall–Kier alpha value is -2.07. The van der Waals surface area contributed by atoms with Crippen LogP contribution >= 0.6 is 0 Å². The number of hydrogen-bond acceptors (Lipinski definition) is 4. The molecule has 0 aliphatic rings. The highest BCUT2D eigenvalue weighted by atomic mass is 16.4. The van der Waals surface area contributed by atoms with E-state index in [0.29, 0.717) is 18.4 Å². The zero-order valence-corrected chi connectivity index (χ0v) is 13.2. The summed E-state index contributed by atoms with van der Waals surface area (Å²) in [7, 11) is 0. The Morgan fingerprint density at radius 3 is 2.23 bits per heavy atom. The van der Waals surface area contributed by atoms with Crippen LogP contribution in [0.1, 0.15) is 43.2 Å². The van der Waals surface area contributed by atoms with E-state index >= 15 is 0 Å². The Kier molecular flexibility index (Phi) is 3.79. The molecule has 0 radical (unpaired) electrons. The molecule has 3 aromatic rings. The summed E-state index contributed by atoms with van der Waals surface area (Å²) in [5, 5.41) is 11.6. The number of aliphatic hydroxyl groups excluding tert-OH is 1. The maximum Gasteiger partial charge on any atom is 0.336 e. The molecule has 3 rings (SSSR count). The number of hydrogen-bond donors (Lipinski definition) is 1. The van der Waals surface area contributed by atoms with Crippen molar-refractivity contribution in [1.82, 2.24) is 0 Å². The van der Waals surface area contributed by atoms with Gasteiger partial charge in [0.05, 0.1) is 6.61 Å². The maximum atomic E-state index is 11.8. The second-order valence-corrected chi connectivity index (χ2v) is 5.42. The normalized spacial score (nSPS) is 11.6. The summed E-state index contributed by atoms with van der Waals surface area (Å²) in [5.41, 5.74) is 3.71. The lowest BCUT2D eigenvalue weighted by Gasteiger charge is -2.08. The van der Waals surface area contributed by atoms with Gasteiger partial charge in [-0.05, 0) is 24.5 Å². The molecule has 0 aliphatic carbocycles. The lowest BCUT2D eigenvalue weighted by molar-refractivity contribution is 0.279. The van der Waals surface area contributed by atoms with Crippen molar-refractivity contribution < 1.29 is 13.9 Å². The molecule has 2 aromatic heterocycles. The second-order valence-electron chi connectivity index (χ2n) is 5.42. The molecule has 0 amide bonds. The van der Waals surface area contributed by atoms with Crippen molar-refractivity contribution in [3.63, 3.8) is 0 Å². The first-order chi connectivity index (χ1) is 10.6. The molecule has 0 fully saturated rings. The Morgan fingerprint density at radius 1 is 0.909 bits per heavy atom. The quantitative estimate of drug-likeness (QED) is 0.746. The summed E-state index contributed by atoms with van der Waals surface area (Å²) in [5.74, 6) is 0.794. The second kappa shape index (κ2) is 5.61. The van der Waals surface area contributed by atoms with Gasteiger partial charge in [-0.25, -0.2) is 4.79 Å². The fourth-order valence-corrected chi connectivity index (χ4v) is 3.16. The third kappa shape index (κ3) is 2.06. The third-order valence-electron chi connectivity index (χ3n) is 4.27. The first kappa shape index (κ1) is 14.9. The van der Waals surface area contributed by atoms with Crippen LogP contribution in [0.3, 0.4) is 0 Å². The predicted octanol–water partition coefficient (Wildman–Crippen LogP) is 3.72. The molecule has 0 atom stereocenters. The van der Waals surface area contributed by atoms with Crippen LogP contribution in [-0.4, -0.2) is 5.11 Å². The van der Waals surface area contributed by atoms with Crippen molar-refractivity contribution in [3.05, 3.63) is 45.0 Å². The van der Waals surface area contributed by atoms with Crippen molar-refractivity contribution in [3.8, 4) is 0 Å². The number of fused-ring (bicyclic) bond motifs is 2. The van der Waals surface area contributed by atoms with Gasteiger partial charge in [0.25, 0.3) is 0 Å². The van der Waals surface area contributed by atoms with E-state index in [0.717, 1.165) is 45.2 Å². The summed E-state index contributed by atoms with van der Waals surface area (Å²) in [6, 6.07) is 3.53. The fourth-order valence-electron chi connectivity index (χ4n) is 3.16. The molecule has 0 spiro atoms. The van der Waals surface area contributed by atoms with Crippen LogP contribution in [0.15, 0.2) is 25.8 Å². The van der Waals surface area contributed by atoms with Crippen molar-refractivity contribution in [1.29, 1.82) is 0 Å². The van der Waals surface area contributed by atoms with E-state index < -0.39 is 0 Å². The highest BCUT2D eigenvalue weighted by Crippen LogP contribution is 2.35. The number of aliphatic hydroxyl groups is 1. The third-order valence-corrected chi connectivity index (χ3v) is 4.27. The SMILES string of the molecule is CCc1oc2c(CC)c3oc(=O)cc(CC)c3cc2c1CO. The first-order valence-electron chi connectivity index (χ1n) is 7.78. The van der Waals surface area contributed by atoms with E-state index in [1.165, 1.54) is 0 Å². The van der Waals surface area contributed by atoms with Crippen molar-refractivity contribution in [2.45, 2.75) is 46.6 Å². The van der Waals surface area contributed by atoms with Gasteiger partial charge in [0.2, 0.25) is 0 Å². The molecular weight excluding hydrogens is 280 g/mol. The summed E-state index contributed by atoms with van der Waals surface area (Å²) >= 11 is 0. The molecule has 1 aromatic carbocycles. The average Bonchev–Trinajstić information content (AvgIpc) is 2.89. The molecule has 0 bridgehead atoms. The van der Waals surface area contributed by atoms with Crippen molar-refractivity contribution in [2.24, 2.45) is 0 Å². The van der Waals surface area contributed by atoms with Gasteiger partial charge in [-0.3, -0.25) is 0 Å². The molecule has 1 N–H and O–H groups in total. The Labute approximate surface area is 128 Å². The molecule has 22 heavy (non-hydrogen) atoms. The molecule has 0 saturated heterocycles. The van der Waals surface area contributed by atoms with E-state index in [9.17, 15) is 9.90 Å². The highest BCUT2D eigenvalue weighted by Gasteiger charge is 2.19. The minimum absolute atomic E-state index is 0.0525. The van der Waals surface area contributed by atoms with Crippen LogP contribution in [0.5, 0.6) is 0 Å². The van der Waals surface area contributed by atoms with E-state index in [-0.39, 0.29) is 12.2 Å². The number of furan rings is 1. The first-order valence-corrected chi connectivity index (χ1v) is 7.78. The molecule has 2 heterocycles. The predicted molar refractivity (Wildman–Crippen MR) is 86.3 cm³/mol. The minimum Gasteiger partial charge on any atom is -0.460 e. The van der Waals surface area contributed by atoms with Crippen LogP contribution in [0, 0.1) is 0 Å². The van der Waals surface area contributed by atoms with E-state index in [1.807, 2.05) is 26.8 Å². The zero-order valence-electron chi connectivity index (χ0n) is 13.2. The van der Waals surface area contributed by atoms with Gasteiger partial charge in [-0.2, -0.15) is 0 Å². The Morgan fingerprint density at radius 2 is 1.64 bits per heavy atom. The van der Waals surface area contributed by atoms with Gasteiger partial charge in [0.15, 0.2) is 0 Å². The van der Waals surface area contributed by atoms with Crippen molar-refractivity contribution in [2.75, 3.05) is 0 Å². The van der Waals surface area contributed by atoms with Gasteiger partial charge in [-0.1, -0.05) is 20.8 Å². The lowest BCUT2D eigenvalue weighted by Crippen LogP contribution is -2.02. The number of aryl methyl sites for hydroxylation is 3. The van der Waals surface area contributed by atoms with Gasteiger partial charge in [-0.15, -0.1) is 0 Å². The van der Waals surface area contributed by atoms with Gasteiger partial charge in [0, 0.05) is 34.4 Å². The van der Waals surface area contributed by atoms with E-state index in [2.05, 4.69) is 0 Å². The van der Waals surface area contributed by atoms with Crippen LogP contribution in [0.4, 0.5) is 0 Å². The summed E-state index contributed by atoms with van der Waals surface area (Å²) in [6.07, 6.45) is 2.17. The van der Waals surface area contributed by atoms with Crippen LogP contribution < -0.4 is 5.63 Å². The van der Waals surface area contributed by atoms with E-state index in [4.69, 9.17) is 8.83 Å². The summed E-state index contributed by atoms with van der Waals surface area (Å²) < 4.78 is 11.4. The molecule has 4 heteroatoms. The summed E-state index contributed by atoms with van der Waals surface area (Å²) in [4.78, 5) is 11.8. The molecule has 0 aliphatic heterocycles. The highest BCUT2D eigenvalue weighted by molar-refractivity contribution is 6.00. The van der Waals surface area contributed by atoms with Crippen molar-refractivity contribution >= 4 is 21.9 Å². The minimum atomic E-state index is -0.331. The van der Waals surface area contributed by atoms with Gasteiger partial charge < -0.3 is 13.9 Å². The summed E-state index contributed by atoms with van der Waals surface area (Å²) in [6.45, 7) is 5.98. The Balaban J connectivity index is 2.55. The lowest BCUT2D eigenvalue weighted by atomic mass is 9.99. The van der Waals surface area contributed by atoms with Gasteiger partial charge in [0.1, 0.15) is 16.9 Å². The molecule has 4 nitrogen and oxygen atoms in total. The Bertz CT molecular complexity index is 899.